The van der Waals surface area contributed by atoms with Crippen LogP contribution in [0.2, 0.25) is 0 Å². The van der Waals surface area contributed by atoms with Crippen molar-refractivity contribution in [3.63, 3.8) is 0 Å². The largest absolute Gasteiger partial charge is 0.325 e. The highest BCUT2D eigenvalue weighted by Gasteiger charge is 2.21. The van der Waals surface area contributed by atoms with Crippen LogP contribution in [0.15, 0.2) is 70.4 Å². The fourth-order valence-electron chi connectivity index (χ4n) is 4.05. The fraction of sp³-hybridized carbons (Fsp3) is 0.385. The highest BCUT2D eigenvalue weighted by molar-refractivity contribution is 7.20. The first-order chi connectivity index (χ1) is 15.4. The van der Waals surface area contributed by atoms with E-state index in [4.69, 9.17) is 4.99 Å². The van der Waals surface area contributed by atoms with Gasteiger partial charge in [0.1, 0.15) is 6.17 Å². The van der Waals surface area contributed by atoms with Gasteiger partial charge < -0.3 is 10.2 Å². The first kappa shape index (κ1) is 22.6. The zero-order chi connectivity index (χ0) is 22.7. The Morgan fingerprint density at radius 2 is 2.03 bits per heavy atom. The summed E-state index contributed by atoms with van der Waals surface area (Å²) in [6.45, 7) is 4.19. The van der Waals surface area contributed by atoms with Gasteiger partial charge in [0.25, 0.3) is 5.91 Å². The predicted molar refractivity (Wildman–Crippen MR) is 135 cm³/mol. The number of carbonyl (C=O) groups excluding carboxylic acids is 1. The number of aliphatic imine (C=N–C) groups is 1. The summed E-state index contributed by atoms with van der Waals surface area (Å²) in [5.74, 6) is -0.0338. The number of likely N-dealkylation sites (N-methyl/N-ethyl adjacent to an activating group) is 2. The molecule has 1 amide bonds. The van der Waals surface area contributed by atoms with Crippen molar-refractivity contribution in [3.8, 4) is 0 Å². The molecular weight excluding hydrogens is 416 g/mol. The lowest BCUT2D eigenvalue weighted by Gasteiger charge is -2.26. The van der Waals surface area contributed by atoms with Crippen molar-refractivity contribution in [1.29, 1.82) is 0 Å². The molecule has 2 aromatic rings. The third kappa shape index (κ3) is 5.44. The quantitative estimate of drug-likeness (QED) is 0.688. The number of nitrogens with one attached hydrogen (secondary N) is 1. The van der Waals surface area contributed by atoms with Crippen LogP contribution in [-0.2, 0) is 0 Å². The summed E-state index contributed by atoms with van der Waals surface area (Å²) in [6.07, 6.45) is 8.96. The van der Waals surface area contributed by atoms with Crippen LogP contribution in [0.1, 0.15) is 35.9 Å². The minimum absolute atomic E-state index is 0.0338. The van der Waals surface area contributed by atoms with Crippen LogP contribution in [0.3, 0.4) is 0 Å². The summed E-state index contributed by atoms with van der Waals surface area (Å²) in [6, 6.07) is 10.1. The van der Waals surface area contributed by atoms with E-state index >= 15 is 0 Å². The predicted octanol–water partition coefficient (Wildman–Crippen LogP) is 4.85. The van der Waals surface area contributed by atoms with Crippen LogP contribution in [0.25, 0.3) is 10.1 Å². The highest BCUT2D eigenvalue weighted by atomic mass is 32.1. The molecule has 1 aromatic carbocycles. The summed E-state index contributed by atoms with van der Waals surface area (Å²) in [7, 11) is 6.36. The van der Waals surface area contributed by atoms with Crippen LogP contribution < -0.4 is 5.32 Å². The Bertz CT molecular complexity index is 1090. The normalized spacial score (nSPS) is 21.6. The molecule has 1 aliphatic heterocycles. The van der Waals surface area contributed by atoms with Gasteiger partial charge in [0, 0.05) is 48.5 Å². The van der Waals surface area contributed by atoms with E-state index in [2.05, 4.69) is 67.5 Å². The van der Waals surface area contributed by atoms with Gasteiger partial charge in [-0.3, -0.25) is 14.7 Å². The Kier molecular flexibility index (Phi) is 7.04. The van der Waals surface area contributed by atoms with E-state index in [1.807, 2.05) is 24.3 Å². The van der Waals surface area contributed by atoms with E-state index in [9.17, 15) is 4.79 Å². The number of carbonyl (C=O) groups is 1. The molecule has 4 rings (SSSR count). The molecule has 0 radical (unpaired) electrons. The number of amides is 1. The summed E-state index contributed by atoms with van der Waals surface area (Å²) in [4.78, 5) is 23.3. The van der Waals surface area contributed by atoms with Gasteiger partial charge in [-0.15, -0.1) is 11.3 Å². The molecule has 2 bridgehead atoms. The maximum Gasteiger partial charge on any atom is 0.265 e. The Balaban J connectivity index is 1.53. The number of fused-ring (bicyclic) bond motifs is 3. The summed E-state index contributed by atoms with van der Waals surface area (Å²) >= 11 is 1.54. The third-order valence-electron chi connectivity index (χ3n) is 6.05. The molecule has 168 valence electrons. The van der Waals surface area contributed by atoms with E-state index in [0.29, 0.717) is 6.42 Å². The molecule has 1 aromatic heterocycles. The number of allylic oxidation sites excluding steroid dienone is 4. The van der Waals surface area contributed by atoms with Gasteiger partial charge in [-0.05, 0) is 63.3 Å². The lowest BCUT2D eigenvalue weighted by atomic mass is 9.98. The number of rotatable bonds is 6. The topological polar surface area (TPSA) is 47.9 Å². The number of nitrogens with zero attached hydrogens (tertiary/aromatic N) is 3. The molecule has 0 spiro atoms. The van der Waals surface area contributed by atoms with Crippen molar-refractivity contribution in [2.24, 2.45) is 4.99 Å². The molecule has 6 heteroatoms. The first-order valence-electron chi connectivity index (χ1n) is 11.2. The Morgan fingerprint density at radius 3 is 2.81 bits per heavy atom. The SMILES string of the molecule is CC1=C2/C=C(/NC(=O)c3cc4ccccc4s3)C/C=C\C(=NC(N(C)CCN(C)C)C1)C2. The summed E-state index contributed by atoms with van der Waals surface area (Å²) in [5.41, 5.74) is 4.67. The van der Waals surface area contributed by atoms with Crippen LogP contribution >= 0.6 is 11.3 Å². The monoisotopic (exact) mass is 448 g/mol. The Morgan fingerprint density at radius 1 is 1.22 bits per heavy atom. The van der Waals surface area contributed by atoms with Crippen molar-refractivity contribution in [2.75, 3.05) is 34.2 Å². The molecule has 1 aliphatic carbocycles. The van der Waals surface area contributed by atoms with Crippen molar-refractivity contribution < 1.29 is 4.79 Å². The first-order valence-corrected chi connectivity index (χ1v) is 12.0. The highest BCUT2D eigenvalue weighted by Crippen LogP contribution is 2.28. The summed E-state index contributed by atoms with van der Waals surface area (Å²) < 4.78 is 1.14. The van der Waals surface area contributed by atoms with Crippen molar-refractivity contribution in [3.05, 3.63) is 70.3 Å². The maximum absolute atomic E-state index is 13.0. The van der Waals surface area contributed by atoms with Crippen molar-refractivity contribution in [2.45, 2.75) is 32.4 Å². The maximum atomic E-state index is 13.0. The van der Waals surface area contributed by atoms with Gasteiger partial charge in [-0.25, -0.2) is 0 Å². The van der Waals surface area contributed by atoms with Crippen LogP contribution in [0, 0.1) is 0 Å². The average molecular weight is 449 g/mol. The van der Waals surface area contributed by atoms with E-state index in [1.54, 1.807) is 0 Å². The molecule has 1 unspecified atom stereocenters. The molecule has 1 atom stereocenters. The second-order valence-corrected chi connectivity index (χ2v) is 10.0. The van der Waals surface area contributed by atoms with E-state index in [-0.39, 0.29) is 12.1 Å². The standard InChI is InChI=1S/C26H32N4OS/c1-18-14-25(30(4)13-12-29(2)3)27-21-9-7-10-22(16-20(18)15-21)28-26(31)24-17-19-8-5-6-11-23(19)32-24/h5-9,11,16-17,25H,10,12-15H2,1-4H3,(H,28,31)/b9-7-,22-16+. The van der Waals surface area contributed by atoms with Gasteiger partial charge in [-0.1, -0.05) is 29.8 Å². The molecule has 2 heterocycles. The van der Waals surface area contributed by atoms with Gasteiger partial charge in [0.2, 0.25) is 0 Å². The average Bonchev–Trinajstić information content (AvgIpc) is 3.11. The van der Waals surface area contributed by atoms with Crippen LogP contribution in [0.5, 0.6) is 0 Å². The molecule has 32 heavy (non-hydrogen) atoms. The lowest BCUT2D eigenvalue weighted by molar-refractivity contribution is 0.0969. The molecule has 5 nitrogen and oxygen atoms in total. The molecule has 2 aliphatic rings. The summed E-state index contributed by atoms with van der Waals surface area (Å²) in [5, 5.41) is 4.28. The number of thiophene rings is 1. The molecule has 1 N–H and O–H groups in total. The van der Waals surface area contributed by atoms with Crippen molar-refractivity contribution >= 4 is 33.0 Å². The molecule has 0 saturated heterocycles. The van der Waals surface area contributed by atoms with E-state index in [0.717, 1.165) is 52.3 Å². The smallest absolute Gasteiger partial charge is 0.265 e. The molecule has 0 fully saturated rings. The van der Waals surface area contributed by atoms with Crippen LogP contribution in [-0.4, -0.2) is 61.8 Å². The minimum atomic E-state index is -0.0338. The van der Waals surface area contributed by atoms with Gasteiger partial charge in [0.15, 0.2) is 0 Å². The van der Waals surface area contributed by atoms with Crippen LogP contribution in [0.4, 0.5) is 0 Å². The third-order valence-corrected chi connectivity index (χ3v) is 7.17. The zero-order valence-electron chi connectivity index (χ0n) is 19.4. The fourth-order valence-corrected chi connectivity index (χ4v) is 5.01. The minimum Gasteiger partial charge on any atom is -0.325 e. The zero-order valence-corrected chi connectivity index (χ0v) is 20.2. The molecule has 0 saturated carbocycles. The number of hydrogen-bond acceptors (Lipinski definition) is 5. The van der Waals surface area contributed by atoms with Gasteiger partial charge in [-0.2, -0.15) is 0 Å². The Hall–Kier alpha value is -2.54. The number of benzene rings is 1. The lowest BCUT2D eigenvalue weighted by Crippen LogP contribution is -2.36. The van der Waals surface area contributed by atoms with E-state index in [1.165, 1.54) is 22.5 Å². The number of hydrogen-bond donors (Lipinski definition) is 1. The second-order valence-electron chi connectivity index (χ2n) is 8.95. The van der Waals surface area contributed by atoms with E-state index < -0.39 is 0 Å². The Labute approximate surface area is 194 Å². The second kappa shape index (κ2) is 9.94. The molecular formula is C26H32N4OS. The van der Waals surface area contributed by atoms with Crippen molar-refractivity contribution in [1.82, 2.24) is 15.1 Å². The van der Waals surface area contributed by atoms with Gasteiger partial charge >= 0.3 is 0 Å². The van der Waals surface area contributed by atoms with Gasteiger partial charge in [0.05, 0.1) is 4.88 Å².